The zero-order valence-electron chi connectivity index (χ0n) is 24.8. The minimum absolute atomic E-state index is 0.324. The Labute approximate surface area is 262 Å². The number of rotatable bonds is 3. The number of nitrogens with two attached hydrogens (primary N) is 1. The van der Waals surface area contributed by atoms with Crippen molar-refractivity contribution >= 4 is 50.7 Å². The van der Waals surface area contributed by atoms with Crippen molar-refractivity contribution in [2.75, 3.05) is 4.90 Å². The molecule has 5 heteroatoms. The van der Waals surface area contributed by atoms with Gasteiger partial charge in [0, 0.05) is 39.4 Å². The lowest BCUT2D eigenvalue weighted by Gasteiger charge is -2.26. The smallest absolute Gasteiger partial charge is 0.207 e. The normalized spacial score (nSPS) is 14.5. The van der Waals surface area contributed by atoms with Crippen LogP contribution in [0.4, 0.5) is 11.4 Å². The largest absolute Gasteiger partial charge is 0.369 e. The summed E-state index contributed by atoms with van der Waals surface area (Å²) in [6.45, 7) is 3.91. The average molecular weight is 582 g/mol. The van der Waals surface area contributed by atoms with Gasteiger partial charge < -0.3 is 10.3 Å². The van der Waals surface area contributed by atoms with Gasteiger partial charge in [-0.25, -0.2) is 4.99 Å². The van der Waals surface area contributed by atoms with Crippen LogP contribution in [-0.4, -0.2) is 16.4 Å². The zero-order chi connectivity index (χ0) is 30.3. The Morgan fingerprint density at radius 1 is 0.711 bits per heavy atom. The van der Waals surface area contributed by atoms with Crippen LogP contribution in [0.5, 0.6) is 0 Å². The van der Waals surface area contributed by atoms with Crippen LogP contribution in [0.25, 0.3) is 49.8 Å². The highest BCUT2D eigenvalue weighted by atomic mass is 15.3. The van der Waals surface area contributed by atoms with Crippen molar-refractivity contribution in [3.63, 3.8) is 0 Å². The molecule has 1 aromatic heterocycles. The molecular formula is C40H31N5. The zero-order valence-corrected chi connectivity index (χ0v) is 24.8. The molecule has 8 rings (SSSR count). The van der Waals surface area contributed by atoms with Crippen molar-refractivity contribution in [1.29, 1.82) is 0 Å². The molecule has 0 radical (unpaired) electrons. The van der Waals surface area contributed by atoms with E-state index in [1.165, 1.54) is 22.8 Å². The Balaban J connectivity index is 1.30. The number of guanidine groups is 1. The summed E-state index contributed by atoms with van der Waals surface area (Å²) in [5.74, 6) is 0.822. The first-order valence-corrected chi connectivity index (χ1v) is 15.2. The second-order valence-corrected chi connectivity index (χ2v) is 11.2. The summed E-state index contributed by atoms with van der Waals surface area (Å²) in [6, 6.07) is 40.1. The molecule has 216 valence electrons. The molecule has 0 amide bonds. The summed E-state index contributed by atoms with van der Waals surface area (Å²) < 4.78 is 2.38. The monoisotopic (exact) mass is 581 g/mol. The summed E-state index contributed by atoms with van der Waals surface area (Å²) >= 11 is 0. The predicted molar refractivity (Wildman–Crippen MR) is 190 cm³/mol. The number of nitrogens with zero attached hydrogens (tertiary/aromatic N) is 4. The molecule has 5 nitrogen and oxygen atoms in total. The first kappa shape index (κ1) is 26.7. The van der Waals surface area contributed by atoms with Crippen LogP contribution < -0.4 is 10.6 Å². The molecule has 0 fully saturated rings. The first-order valence-electron chi connectivity index (χ1n) is 15.2. The summed E-state index contributed by atoms with van der Waals surface area (Å²) in [6.07, 6.45) is 10.1. The lowest BCUT2D eigenvalue weighted by Crippen LogP contribution is -2.34. The van der Waals surface area contributed by atoms with Crippen LogP contribution >= 0.6 is 0 Å². The van der Waals surface area contributed by atoms with E-state index >= 15 is 0 Å². The van der Waals surface area contributed by atoms with E-state index in [2.05, 4.69) is 137 Å². The van der Waals surface area contributed by atoms with E-state index < -0.39 is 0 Å². The van der Waals surface area contributed by atoms with E-state index in [4.69, 9.17) is 10.7 Å². The molecule has 0 saturated carbocycles. The molecule has 0 saturated heterocycles. The van der Waals surface area contributed by atoms with Crippen LogP contribution in [0.2, 0.25) is 0 Å². The highest BCUT2D eigenvalue weighted by Gasteiger charge is 2.27. The maximum atomic E-state index is 7.00. The van der Waals surface area contributed by atoms with E-state index in [-0.39, 0.29) is 0 Å². The van der Waals surface area contributed by atoms with Gasteiger partial charge in [0.25, 0.3) is 0 Å². The second-order valence-electron chi connectivity index (χ2n) is 11.2. The van der Waals surface area contributed by atoms with Crippen molar-refractivity contribution in [1.82, 2.24) is 4.57 Å². The molecule has 0 atom stereocenters. The summed E-state index contributed by atoms with van der Waals surface area (Å²) in [5.41, 5.74) is 17.9. The number of allylic oxidation sites excluding steroid dienone is 4. The van der Waals surface area contributed by atoms with Crippen LogP contribution in [-0.2, 0) is 0 Å². The van der Waals surface area contributed by atoms with Crippen LogP contribution in [0.15, 0.2) is 156 Å². The quantitative estimate of drug-likeness (QED) is 0.167. The topological polar surface area (TPSA) is 58.9 Å². The first-order chi connectivity index (χ1) is 22.2. The van der Waals surface area contributed by atoms with Crippen LogP contribution in [0.1, 0.15) is 18.4 Å². The molecule has 2 heterocycles. The number of benzene rings is 5. The predicted octanol–water partition coefficient (Wildman–Crippen LogP) is 9.68. The van der Waals surface area contributed by atoms with Crippen molar-refractivity contribution in [3.05, 3.63) is 152 Å². The molecule has 0 spiro atoms. The minimum Gasteiger partial charge on any atom is -0.369 e. The molecule has 2 aliphatic rings. The highest BCUT2D eigenvalue weighted by Crippen LogP contribution is 2.47. The van der Waals surface area contributed by atoms with E-state index in [0.717, 1.165) is 62.9 Å². The molecule has 1 aliphatic carbocycles. The Morgan fingerprint density at radius 3 is 2.00 bits per heavy atom. The maximum absolute atomic E-state index is 7.00. The standard InChI is InChI=1S/C40H31N5/c1-2-42-39(27-24-25-38-34(26-27)33-20-10-11-21-35(33)44(38)28-14-4-3-5-15-28)43-40(41)45-36-22-12-8-18-31(36)29-16-6-7-17-30(29)32-19-9-13-23-37(32)45/h2-4,6-14,16-26H,1,5,15H2,(H2,41,42,43). The van der Waals surface area contributed by atoms with Gasteiger partial charge in [0.2, 0.25) is 5.96 Å². The lowest BCUT2D eigenvalue weighted by molar-refractivity contribution is 0.979. The van der Waals surface area contributed by atoms with Crippen molar-refractivity contribution < 1.29 is 0 Å². The van der Waals surface area contributed by atoms with Gasteiger partial charge in [-0.05, 0) is 66.4 Å². The third-order valence-electron chi connectivity index (χ3n) is 8.67. The van der Waals surface area contributed by atoms with E-state index in [1.807, 2.05) is 17.0 Å². The molecular weight excluding hydrogens is 550 g/mol. The van der Waals surface area contributed by atoms with Gasteiger partial charge in [0.1, 0.15) is 0 Å². The van der Waals surface area contributed by atoms with Gasteiger partial charge in [-0.3, -0.25) is 4.90 Å². The molecule has 6 aromatic rings. The van der Waals surface area contributed by atoms with Crippen LogP contribution in [0.3, 0.4) is 0 Å². The van der Waals surface area contributed by atoms with Gasteiger partial charge in [0.05, 0.1) is 22.4 Å². The van der Waals surface area contributed by atoms with Crippen molar-refractivity contribution in [2.24, 2.45) is 15.7 Å². The van der Waals surface area contributed by atoms with Crippen molar-refractivity contribution in [3.8, 4) is 22.3 Å². The molecule has 45 heavy (non-hydrogen) atoms. The molecule has 0 unspecified atom stereocenters. The van der Waals surface area contributed by atoms with Gasteiger partial charge in [0.15, 0.2) is 5.84 Å². The fraction of sp³-hybridized carbons (Fsp3) is 0.0500. The number of amidine groups is 1. The number of hydrogen-bond donors (Lipinski definition) is 1. The molecule has 2 N–H and O–H groups in total. The number of aliphatic imine (C=N–C) groups is 2. The Kier molecular flexibility index (Phi) is 6.50. The Bertz CT molecular complexity index is 2200. The number of anilines is 2. The van der Waals surface area contributed by atoms with Crippen molar-refractivity contribution in [2.45, 2.75) is 12.8 Å². The molecule has 0 bridgehead atoms. The number of para-hydroxylation sites is 3. The fourth-order valence-corrected chi connectivity index (χ4v) is 6.73. The number of fused-ring (bicyclic) bond motifs is 8. The summed E-state index contributed by atoms with van der Waals surface area (Å²) in [7, 11) is 0. The van der Waals surface area contributed by atoms with Gasteiger partial charge >= 0.3 is 0 Å². The Hall–Kier alpha value is -5.94. The van der Waals surface area contributed by atoms with Gasteiger partial charge in [-0.15, -0.1) is 0 Å². The fourth-order valence-electron chi connectivity index (χ4n) is 6.73. The van der Waals surface area contributed by atoms with Gasteiger partial charge in [-0.2, -0.15) is 4.99 Å². The summed E-state index contributed by atoms with van der Waals surface area (Å²) in [5, 5.41) is 2.33. The van der Waals surface area contributed by atoms with Crippen LogP contribution in [0, 0.1) is 0 Å². The number of aromatic nitrogens is 1. The van der Waals surface area contributed by atoms with E-state index in [0.29, 0.717) is 11.8 Å². The summed E-state index contributed by atoms with van der Waals surface area (Å²) in [4.78, 5) is 11.7. The number of hydrogen-bond acceptors (Lipinski definition) is 1. The van der Waals surface area contributed by atoms with E-state index in [9.17, 15) is 0 Å². The Morgan fingerprint density at radius 2 is 1.33 bits per heavy atom. The third-order valence-corrected chi connectivity index (χ3v) is 8.67. The maximum Gasteiger partial charge on any atom is 0.207 e. The average Bonchev–Trinajstić information content (AvgIpc) is 3.36. The highest BCUT2D eigenvalue weighted by molar-refractivity contribution is 6.18. The second kappa shape index (κ2) is 11.0. The SMILES string of the molecule is C=CN=C(N=C(N)N1c2ccccc2-c2ccccc2-c2ccccc21)c1ccc2c(c1)c1ccccc1n2C1=CC=CCC1. The van der Waals surface area contributed by atoms with E-state index in [1.54, 1.807) is 0 Å². The third kappa shape index (κ3) is 4.40. The van der Waals surface area contributed by atoms with Gasteiger partial charge in [-0.1, -0.05) is 97.6 Å². The molecule has 5 aromatic carbocycles. The molecule has 1 aliphatic heterocycles. The lowest BCUT2D eigenvalue weighted by atomic mass is 9.95. The minimum atomic E-state index is 0.324.